The van der Waals surface area contributed by atoms with Crippen molar-refractivity contribution in [2.24, 2.45) is 16.3 Å². The molecule has 0 atom stereocenters. The largest absolute Gasteiger partial charge is 0.383 e. The maximum absolute atomic E-state index is 5.54. The Balaban J connectivity index is 2.54. The van der Waals surface area contributed by atoms with Crippen LogP contribution in [-0.2, 0) is 4.74 Å². The summed E-state index contributed by atoms with van der Waals surface area (Å²) in [6.07, 6.45) is 3.63. The third kappa shape index (κ3) is 4.91. The number of aliphatic imine (C=N–C) groups is 1. The fourth-order valence-corrected chi connectivity index (χ4v) is 2.11. The van der Waals surface area contributed by atoms with Gasteiger partial charge in [-0.1, -0.05) is 13.8 Å². The lowest BCUT2D eigenvalue weighted by Gasteiger charge is -2.25. The summed E-state index contributed by atoms with van der Waals surface area (Å²) in [5, 5.41) is 0. The molecule has 17 heavy (non-hydrogen) atoms. The number of guanidine groups is 1. The molecule has 5 heteroatoms. The minimum Gasteiger partial charge on any atom is -0.383 e. The molecule has 0 aromatic rings. The molecular formula is C12H26N4O. The van der Waals surface area contributed by atoms with Crippen molar-refractivity contribution in [2.45, 2.75) is 33.1 Å². The fourth-order valence-electron chi connectivity index (χ4n) is 2.11. The summed E-state index contributed by atoms with van der Waals surface area (Å²) in [5.41, 5.74) is 3.14. The van der Waals surface area contributed by atoms with E-state index in [4.69, 9.17) is 10.6 Å². The van der Waals surface area contributed by atoms with Crippen LogP contribution in [0, 0.1) is 5.41 Å². The molecule has 5 nitrogen and oxygen atoms in total. The molecular weight excluding hydrogens is 216 g/mol. The quantitative estimate of drug-likeness (QED) is 0.254. The molecule has 0 spiro atoms. The molecule has 1 rings (SSSR count). The van der Waals surface area contributed by atoms with E-state index in [1.54, 1.807) is 7.11 Å². The van der Waals surface area contributed by atoms with Crippen LogP contribution in [0.3, 0.4) is 0 Å². The highest BCUT2D eigenvalue weighted by molar-refractivity contribution is 5.79. The maximum Gasteiger partial charge on any atom is 0.208 e. The highest BCUT2D eigenvalue weighted by atomic mass is 16.5. The minimum atomic E-state index is 0.432. The molecule has 1 aliphatic rings. The smallest absolute Gasteiger partial charge is 0.208 e. The van der Waals surface area contributed by atoms with Crippen LogP contribution in [0.25, 0.3) is 0 Å². The lowest BCUT2D eigenvalue weighted by atomic mass is 9.85. The summed E-state index contributed by atoms with van der Waals surface area (Å²) in [5.74, 6) is 6.33. The number of nitrogens with zero attached hydrogens (tertiary/aromatic N) is 2. The average Bonchev–Trinajstić information content (AvgIpc) is 2.46. The number of likely N-dealkylation sites (tertiary alicyclic amines) is 1. The zero-order valence-electron chi connectivity index (χ0n) is 11.3. The minimum absolute atomic E-state index is 0.432. The lowest BCUT2D eigenvalue weighted by molar-refractivity contribution is 0.207. The third-order valence-electron chi connectivity index (χ3n) is 3.33. The second kappa shape index (κ2) is 6.81. The normalized spacial score (nSPS) is 21.2. The number of hydrazine groups is 1. The molecule has 3 N–H and O–H groups in total. The number of rotatable bonds is 3. The number of hydrogen-bond donors (Lipinski definition) is 2. The Morgan fingerprint density at radius 1 is 1.41 bits per heavy atom. The molecule has 0 radical (unpaired) electrons. The zero-order valence-corrected chi connectivity index (χ0v) is 11.3. The molecule has 0 saturated carbocycles. The molecule has 0 aliphatic carbocycles. The van der Waals surface area contributed by atoms with Crippen LogP contribution in [0.4, 0.5) is 0 Å². The van der Waals surface area contributed by atoms with E-state index in [-0.39, 0.29) is 0 Å². The van der Waals surface area contributed by atoms with Crippen LogP contribution in [0.5, 0.6) is 0 Å². The van der Waals surface area contributed by atoms with E-state index in [1.807, 2.05) is 0 Å². The molecule has 100 valence electrons. The molecule has 1 heterocycles. The first-order valence-electron chi connectivity index (χ1n) is 6.34. The van der Waals surface area contributed by atoms with Crippen molar-refractivity contribution in [1.29, 1.82) is 0 Å². The summed E-state index contributed by atoms with van der Waals surface area (Å²) < 4.78 is 4.99. The van der Waals surface area contributed by atoms with Crippen LogP contribution in [0.15, 0.2) is 4.99 Å². The standard InChI is InChI=1S/C12H26N4O/c1-12(2)5-4-8-16(9-6-12)11(15-13)14-7-10-17-3/h4-10,13H2,1-3H3,(H,14,15). The summed E-state index contributed by atoms with van der Waals surface area (Å²) in [6, 6.07) is 0. The second-order valence-electron chi connectivity index (χ2n) is 5.35. The van der Waals surface area contributed by atoms with Crippen molar-refractivity contribution in [3.05, 3.63) is 0 Å². The van der Waals surface area contributed by atoms with Gasteiger partial charge in [0.25, 0.3) is 0 Å². The molecule has 1 fully saturated rings. The van der Waals surface area contributed by atoms with E-state index in [9.17, 15) is 0 Å². The van der Waals surface area contributed by atoms with Crippen molar-refractivity contribution >= 4 is 5.96 Å². The number of hydrogen-bond acceptors (Lipinski definition) is 3. The highest BCUT2D eigenvalue weighted by Crippen LogP contribution is 2.29. The SMILES string of the molecule is COCCN=C(NN)N1CCCC(C)(C)CC1. The second-order valence-corrected chi connectivity index (χ2v) is 5.35. The summed E-state index contributed by atoms with van der Waals surface area (Å²) in [4.78, 5) is 6.67. The Morgan fingerprint density at radius 2 is 2.18 bits per heavy atom. The predicted octanol–water partition coefficient (Wildman–Crippen LogP) is 0.964. The van der Waals surface area contributed by atoms with E-state index in [2.05, 4.69) is 29.2 Å². The highest BCUT2D eigenvalue weighted by Gasteiger charge is 2.24. The zero-order chi connectivity index (χ0) is 12.7. The van der Waals surface area contributed by atoms with Gasteiger partial charge in [0.2, 0.25) is 5.96 Å². The first-order valence-corrected chi connectivity index (χ1v) is 6.34. The summed E-state index contributed by atoms with van der Waals surface area (Å²) in [7, 11) is 1.68. The van der Waals surface area contributed by atoms with Gasteiger partial charge in [0.05, 0.1) is 13.2 Å². The topological polar surface area (TPSA) is 62.9 Å². The lowest BCUT2D eigenvalue weighted by Crippen LogP contribution is -2.45. The van der Waals surface area contributed by atoms with E-state index < -0.39 is 0 Å². The molecule has 1 aliphatic heterocycles. The monoisotopic (exact) mass is 242 g/mol. The van der Waals surface area contributed by atoms with Crippen LogP contribution >= 0.6 is 0 Å². The van der Waals surface area contributed by atoms with Gasteiger partial charge >= 0.3 is 0 Å². The first kappa shape index (κ1) is 14.3. The van der Waals surface area contributed by atoms with Crippen molar-refractivity contribution in [2.75, 3.05) is 33.4 Å². The Kier molecular flexibility index (Phi) is 5.71. The van der Waals surface area contributed by atoms with Gasteiger partial charge in [0.15, 0.2) is 0 Å². The van der Waals surface area contributed by atoms with Crippen LogP contribution < -0.4 is 11.3 Å². The maximum atomic E-state index is 5.54. The van der Waals surface area contributed by atoms with Crippen molar-refractivity contribution in [3.63, 3.8) is 0 Å². The van der Waals surface area contributed by atoms with E-state index in [0.29, 0.717) is 18.6 Å². The molecule has 0 amide bonds. The summed E-state index contributed by atoms with van der Waals surface area (Å²) >= 11 is 0. The van der Waals surface area contributed by atoms with Gasteiger partial charge in [-0.05, 0) is 24.7 Å². The summed E-state index contributed by atoms with van der Waals surface area (Å²) in [6.45, 7) is 7.98. The van der Waals surface area contributed by atoms with Crippen LogP contribution in [-0.4, -0.2) is 44.2 Å². The van der Waals surface area contributed by atoms with Gasteiger partial charge in [-0.2, -0.15) is 0 Å². The van der Waals surface area contributed by atoms with Gasteiger partial charge in [-0.15, -0.1) is 0 Å². The molecule has 0 aromatic carbocycles. The Labute approximate surface area is 104 Å². The van der Waals surface area contributed by atoms with Crippen LogP contribution in [0.1, 0.15) is 33.1 Å². The van der Waals surface area contributed by atoms with Gasteiger partial charge in [-0.3, -0.25) is 5.43 Å². The number of methoxy groups -OCH3 is 1. The van der Waals surface area contributed by atoms with E-state index >= 15 is 0 Å². The van der Waals surface area contributed by atoms with Gasteiger partial charge in [0, 0.05) is 20.2 Å². The first-order chi connectivity index (χ1) is 8.09. The molecule has 0 aromatic heterocycles. The number of ether oxygens (including phenoxy) is 1. The Morgan fingerprint density at radius 3 is 2.82 bits per heavy atom. The molecule has 0 unspecified atom stereocenters. The van der Waals surface area contributed by atoms with Gasteiger partial charge < -0.3 is 9.64 Å². The molecule has 1 saturated heterocycles. The predicted molar refractivity (Wildman–Crippen MR) is 70.7 cm³/mol. The fraction of sp³-hybridized carbons (Fsp3) is 0.917. The van der Waals surface area contributed by atoms with E-state index in [0.717, 1.165) is 19.0 Å². The van der Waals surface area contributed by atoms with Crippen LogP contribution in [0.2, 0.25) is 0 Å². The third-order valence-corrected chi connectivity index (χ3v) is 3.33. The Hall–Kier alpha value is -0.810. The van der Waals surface area contributed by atoms with Crippen molar-refractivity contribution < 1.29 is 4.74 Å². The van der Waals surface area contributed by atoms with Crippen molar-refractivity contribution in [1.82, 2.24) is 10.3 Å². The van der Waals surface area contributed by atoms with Gasteiger partial charge in [-0.25, -0.2) is 10.8 Å². The molecule has 0 bridgehead atoms. The Bertz CT molecular complexity index is 253. The number of nitrogens with two attached hydrogens (primary N) is 1. The average molecular weight is 242 g/mol. The van der Waals surface area contributed by atoms with Gasteiger partial charge in [0.1, 0.15) is 0 Å². The van der Waals surface area contributed by atoms with E-state index in [1.165, 1.54) is 19.3 Å². The number of nitrogens with one attached hydrogen (secondary N) is 1. The van der Waals surface area contributed by atoms with Crippen molar-refractivity contribution in [3.8, 4) is 0 Å².